The molecule has 1 unspecified atom stereocenters. The molecule has 25 heavy (non-hydrogen) atoms. The van der Waals surface area contributed by atoms with Gasteiger partial charge in [0.2, 0.25) is 12.0 Å². The average molecular weight is 352 g/mol. The van der Waals surface area contributed by atoms with Gasteiger partial charge in [0.05, 0.1) is 12.2 Å². The third kappa shape index (κ3) is 4.32. The smallest absolute Gasteiger partial charge is 0.308 e. The summed E-state index contributed by atoms with van der Waals surface area (Å²) in [5.74, 6) is -3.35. The van der Waals surface area contributed by atoms with Crippen LogP contribution in [0, 0.1) is 0 Å². The number of rotatable bonds is 4. The highest BCUT2D eigenvalue weighted by Gasteiger charge is 2.36. The Bertz CT molecular complexity index is 750. The fourth-order valence-corrected chi connectivity index (χ4v) is 2.27. The second-order valence-electron chi connectivity index (χ2n) is 5.14. The molecule has 1 heterocycles. The van der Waals surface area contributed by atoms with Gasteiger partial charge in [-0.05, 0) is 11.6 Å². The molecule has 2 rings (SSSR count). The Morgan fingerprint density at radius 1 is 0.880 bits per heavy atom. The summed E-state index contributed by atoms with van der Waals surface area (Å²) in [5.41, 5.74) is 0.659. The van der Waals surface area contributed by atoms with E-state index in [-0.39, 0.29) is 29.4 Å². The van der Waals surface area contributed by atoms with Gasteiger partial charge in [-0.15, -0.1) is 0 Å². The molecule has 9 heteroatoms. The van der Waals surface area contributed by atoms with E-state index in [2.05, 4.69) is 0 Å². The van der Waals surface area contributed by atoms with Gasteiger partial charge in [-0.25, -0.2) is 0 Å². The van der Waals surface area contributed by atoms with E-state index in [1.54, 1.807) is 0 Å². The predicted molar refractivity (Wildman–Crippen MR) is 79.7 cm³/mol. The topological polar surface area (TPSA) is 114 Å². The molecule has 9 nitrogen and oxygen atoms in total. The number of ether oxygens (including phenoxy) is 5. The van der Waals surface area contributed by atoms with E-state index in [4.69, 9.17) is 23.7 Å². The van der Waals surface area contributed by atoms with Gasteiger partial charge in [-0.3, -0.25) is 19.2 Å². The Balaban J connectivity index is 2.67. The zero-order valence-corrected chi connectivity index (χ0v) is 14.0. The number of carbonyl (C=O) groups excluding carboxylic acids is 4. The van der Waals surface area contributed by atoms with Gasteiger partial charge < -0.3 is 23.7 Å². The number of carbonyl (C=O) groups is 4. The van der Waals surface area contributed by atoms with Crippen LogP contribution in [-0.4, -0.2) is 23.9 Å². The Morgan fingerprint density at radius 2 is 1.44 bits per heavy atom. The summed E-state index contributed by atoms with van der Waals surface area (Å²) in [5, 5.41) is 0. The standard InChI is InChI=1S/C16H16O9/c1-7(17)22-12-5-11-6-21-16(25-10(4)20)13(11)15(24-9(3)19)14(12)23-8(2)18/h5,16H,6H2,1-4H3. The van der Waals surface area contributed by atoms with Crippen LogP contribution in [0.4, 0.5) is 0 Å². The van der Waals surface area contributed by atoms with Gasteiger partial charge in [0, 0.05) is 27.7 Å². The van der Waals surface area contributed by atoms with Crippen molar-refractivity contribution in [2.45, 2.75) is 40.6 Å². The summed E-state index contributed by atoms with van der Waals surface area (Å²) in [6.45, 7) is 4.62. The molecular formula is C16H16O9. The number of esters is 4. The quantitative estimate of drug-likeness (QED) is 0.588. The summed E-state index contributed by atoms with van der Waals surface area (Å²) in [6, 6.07) is 1.39. The summed E-state index contributed by atoms with van der Waals surface area (Å²) < 4.78 is 25.7. The maximum atomic E-state index is 11.5. The first kappa shape index (κ1) is 18.4. The van der Waals surface area contributed by atoms with Gasteiger partial charge in [-0.2, -0.15) is 0 Å². The number of hydrogen-bond acceptors (Lipinski definition) is 9. The van der Waals surface area contributed by atoms with Crippen molar-refractivity contribution in [2.24, 2.45) is 0 Å². The van der Waals surface area contributed by atoms with E-state index in [9.17, 15) is 19.2 Å². The maximum absolute atomic E-state index is 11.5. The first-order chi connectivity index (χ1) is 11.7. The molecule has 0 saturated heterocycles. The lowest BCUT2D eigenvalue weighted by atomic mass is 10.1. The number of hydrogen-bond donors (Lipinski definition) is 0. The zero-order valence-electron chi connectivity index (χ0n) is 14.0. The van der Waals surface area contributed by atoms with Crippen molar-refractivity contribution in [3.05, 3.63) is 17.2 Å². The Kier molecular flexibility index (Phi) is 5.38. The molecule has 0 radical (unpaired) electrons. The molecule has 134 valence electrons. The van der Waals surface area contributed by atoms with Crippen LogP contribution in [0.3, 0.4) is 0 Å². The number of benzene rings is 1. The Morgan fingerprint density at radius 3 is 1.96 bits per heavy atom. The van der Waals surface area contributed by atoms with Crippen molar-refractivity contribution in [3.63, 3.8) is 0 Å². The highest BCUT2D eigenvalue weighted by molar-refractivity contribution is 5.79. The lowest BCUT2D eigenvalue weighted by Gasteiger charge is -2.18. The second kappa shape index (κ2) is 7.31. The third-order valence-corrected chi connectivity index (χ3v) is 2.97. The minimum Gasteiger partial charge on any atom is -0.431 e. The molecule has 0 amide bonds. The largest absolute Gasteiger partial charge is 0.431 e. The number of fused-ring (bicyclic) bond motifs is 1. The fraction of sp³-hybridized carbons (Fsp3) is 0.375. The van der Waals surface area contributed by atoms with Gasteiger partial charge in [-0.1, -0.05) is 0 Å². The highest BCUT2D eigenvalue weighted by Crippen LogP contribution is 2.49. The predicted octanol–water partition coefficient (Wildman–Crippen LogP) is 1.55. The minimum atomic E-state index is -1.15. The van der Waals surface area contributed by atoms with Crippen LogP contribution in [-0.2, 0) is 35.3 Å². The van der Waals surface area contributed by atoms with Crippen molar-refractivity contribution in [2.75, 3.05) is 0 Å². The van der Waals surface area contributed by atoms with Gasteiger partial charge >= 0.3 is 23.9 Å². The van der Waals surface area contributed by atoms with E-state index < -0.39 is 30.2 Å². The van der Waals surface area contributed by atoms with E-state index in [0.717, 1.165) is 20.8 Å². The molecule has 0 spiro atoms. The molecule has 1 aliphatic heterocycles. The summed E-state index contributed by atoms with van der Waals surface area (Å²) in [7, 11) is 0. The molecule has 0 saturated carbocycles. The van der Waals surface area contributed by atoms with Gasteiger partial charge in [0.1, 0.15) is 0 Å². The van der Waals surface area contributed by atoms with Crippen molar-refractivity contribution >= 4 is 23.9 Å². The first-order valence-electron chi connectivity index (χ1n) is 7.23. The first-order valence-corrected chi connectivity index (χ1v) is 7.23. The normalized spacial score (nSPS) is 15.1. The molecule has 0 N–H and O–H groups in total. The molecule has 1 aliphatic rings. The maximum Gasteiger partial charge on any atom is 0.308 e. The van der Waals surface area contributed by atoms with Crippen LogP contribution >= 0.6 is 0 Å². The molecule has 1 aromatic rings. The molecule has 0 bridgehead atoms. The van der Waals surface area contributed by atoms with Crippen LogP contribution in [0.2, 0.25) is 0 Å². The Labute approximate surface area is 142 Å². The second-order valence-corrected chi connectivity index (χ2v) is 5.14. The van der Waals surface area contributed by atoms with E-state index in [1.165, 1.54) is 13.0 Å². The summed E-state index contributed by atoms with van der Waals surface area (Å²) in [6.07, 6.45) is -1.15. The van der Waals surface area contributed by atoms with Crippen molar-refractivity contribution in [1.29, 1.82) is 0 Å². The van der Waals surface area contributed by atoms with Gasteiger partial charge in [0.25, 0.3) is 0 Å². The third-order valence-electron chi connectivity index (χ3n) is 2.97. The summed E-state index contributed by atoms with van der Waals surface area (Å²) >= 11 is 0. The molecule has 0 aliphatic carbocycles. The van der Waals surface area contributed by atoms with Crippen molar-refractivity contribution in [3.8, 4) is 17.2 Å². The zero-order chi connectivity index (χ0) is 18.7. The molecule has 0 aromatic heterocycles. The molecule has 1 atom stereocenters. The minimum absolute atomic E-state index is 0.0101. The Hall–Kier alpha value is -2.94. The van der Waals surface area contributed by atoms with E-state index in [0.29, 0.717) is 5.56 Å². The highest BCUT2D eigenvalue weighted by atomic mass is 16.7. The lowest BCUT2D eigenvalue weighted by Crippen LogP contribution is -2.14. The SMILES string of the molecule is CC(=O)Oc1cc2c(c(OC(C)=O)c1OC(C)=O)C(OC(C)=O)OC2. The summed E-state index contributed by atoms with van der Waals surface area (Å²) in [4.78, 5) is 45.5. The molecule has 0 fully saturated rings. The van der Waals surface area contributed by atoms with Crippen LogP contribution in [0.25, 0.3) is 0 Å². The van der Waals surface area contributed by atoms with E-state index >= 15 is 0 Å². The van der Waals surface area contributed by atoms with Crippen molar-refractivity contribution in [1.82, 2.24) is 0 Å². The van der Waals surface area contributed by atoms with Gasteiger partial charge in [0.15, 0.2) is 11.5 Å². The fourth-order valence-electron chi connectivity index (χ4n) is 2.27. The van der Waals surface area contributed by atoms with Crippen LogP contribution in [0.5, 0.6) is 17.2 Å². The van der Waals surface area contributed by atoms with Crippen LogP contribution in [0.1, 0.15) is 45.1 Å². The monoisotopic (exact) mass is 352 g/mol. The molecule has 1 aromatic carbocycles. The van der Waals surface area contributed by atoms with Crippen LogP contribution < -0.4 is 14.2 Å². The lowest BCUT2D eigenvalue weighted by molar-refractivity contribution is -0.175. The average Bonchev–Trinajstić information content (AvgIpc) is 2.82. The molecular weight excluding hydrogens is 336 g/mol. The van der Waals surface area contributed by atoms with E-state index in [1.807, 2.05) is 0 Å². The van der Waals surface area contributed by atoms with Crippen molar-refractivity contribution < 1.29 is 42.9 Å². The van der Waals surface area contributed by atoms with Crippen LogP contribution in [0.15, 0.2) is 6.07 Å².